The van der Waals surface area contributed by atoms with Crippen LogP contribution in [0.25, 0.3) is 17.0 Å². The number of fused-ring (bicyclic) bond motifs is 2. The first-order chi connectivity index (χ1) is 16.3. The third-order valence-electron chi connectivity index (χ3n) is 5.56. The van der Waals surface area contributed by atoms with Crippen molar-refractivity contribution in [2.45, 2.75) is 33.4 Å². The number of esters is 1. The standard InChI is InChI=1S/C26H30ClN3O4/c1-5-32-25(31)14-29(4)13-19-10-20-7-8-21(12-24(20)34-16-19)33-15-18-6-9-23-22(11-18)26(27)28-30(23)17(2)3/h6-12,17H,5,13-16H2,1-4H3. The Bertz CT molecular complexity index is 1220. The van der Waals surface area contributed by atoms with E-state index in [1.54, 1.807) is 6.92 Å². The normalized spacial score (nSPS) is 13.1. The molecule has 0 N–H and O–H groups in total. The van der Waals surface area contributed by atoms with E-state index < -0.39 is 0 Å². The van der Waals surface area contributed by atoms with Crippen LogP contribution < -0.4 is 9.47 Å². The van der Waals surface area contributed by atoms with Crippen LogP contribution in [0.2, 0.25) is 5.15 Å². The van der Waals surface area contributed by atoms with Crippen LogP contribution in [0.4, 0.5) is 0 Å². The van der Waals surface area contributed by atoms with Crippen LogP contribution in [0.3, 0.4) is 0 Å². The molecule has 0 aliphatic carbocycles. The average molecular weight is 484 g/mol. The van der Waals surface area contributed by atoms with Crippen LogP contribution in [0.15, 0.2) is 42.0 Å². The Morgan fingerprint density at radius 2 is 2.09 bits per heavy atom. The summed E-state index contributed by atoms with van der Waals surface area (Å²) in [5.41, 5.74) is 4.12. The summed E-state index contributed by atoms with van der Waals surface area (Å²) in [7, 11) is 1.89. The highest BCUT2D eigenvalue weighted by Gasteiger charge is 2.16. The van der Waals surface area contributed by atoms with Crippen LogP contribution in [-0.2, 0) is 16.1 Å². The minimum Gasteiger partial charge on any atom is -0.489 e. The minimum absolute atomic E-state index is 0.223. The van der Waals surface area contributed by atoms with Gasteiger partial charge in [-0.15, -0.1) is 0 Å². The second-order valence-corrected chi connectivity index (χ2v) is 9.10. The number of ether oxygens (including phenoxy) is 3. The Morgan fingerprint density at radius 1 is 1.26 bits per heavy atom. The number of aromatic nitrogens is 2. The maximum absolute atomic E-state index is 11.7. The predicted molar refractivity (Wildman–Crippen MR) is 134 cm³/mol. The number of hydrogen-bond acceptors (Lipinski definition) is 6. The first-order valence-electron chi connectivity index (χ1n) is 11.4. The summed E-state index contributed by atoms with van der Waals surface area (Å²) in [6, 6.07) is 12.2. The van der Waals surface area contributed by atoms with Crippen LogP contribution in [0, 0.1) is 0 Å². The van der Waals surface area contributed by atoms with Crippen molar-refractivity contribution in [3.8, 4) is 11.5 Å². The van der Waals surface area contributed by atoms with E-state index in [-0.39, 0.29) is 18.6 Å². The van der Waals surface area contributed by atoms with E-state index in [9.17, 15) is 4.79 Å². The van der Waals surface area contributed by atoms with Gasteiger partial charge in [0.1, 0.15) is 24.7 Å². The summed E-state index contributed by atoms with van der Waals surface area (Å²) >= 11 is 6.35. The Kier molecular flexibility index (Phi) is 7.44. The maximum atomic E-state index is 11.7. The molecule has 180 valence electrons. The number of likely N-dealkylation sites (N-methyl/N-ethyl adjacent to an activating group) is 1. The van der Waals surface area contributed by atoms with Gasteiger partial charge in [0.25, 0.3) is 0 Å². The van der Waals surface area contributed by atoms with Gasteiger partial charge in [0.2, 0.25) is 0 Å². The molecule has 4 rings (SSSR count). The summed E-state index contributed by atoms with van der Waals surface area (Å²) in [5.74, 6) is 1.30. The molecule has 3 aromatic rings. The largest absolute Gasteiger partial charge is 0.489 e. The molecule has 1 aliphatic heterocycles. The van der Waals surface area contributed by atoms with E-state index in [1.807, 2.05) is 53.0 Å². The van der Waals surface area contributed by atoms with Gasteiger partial charge in [0.15, 0.2) is 5.15 Å². The molecule has 1 aliphatic rings. The van der Waals surface area contributed by atoms with Gasteiger partial charge in [-0.3, -0.25) is 14.4 Å². The molecule has 2 heterocycles. The number of carbonyl (C=O) groups is 1. The van der Waals surface area contributed by atoms with E-state index in [0.29, 0.717) is 31.5 Å². The van der Waals surface area contributed by atoms with Crippen molar-refractivity contribution >= 4 is 34.5 Å². The smallest absolute Gasteiger partial charge is 0.320 e. The highest BCUT2D eigenvalue weighted by molar-refractivity contribution is 6.34. The Hall–Kier alpha value is -3.03. The van der Waals surface area contributed by atoms with E-state index in [0.717, 1.165) is 39.1 Å². The van der Waals surface area contributed by atoms with Crippen LogP contribution in [0.5, 0.6) is 11.5 Å². The van der Waals surface area contributed by atoms with Crippen molar-refractivity contribution < 1.29 is 19.0 Å². The third-order valence-corrected chi connectivity index (χ3v) is 5.83. The molecule has 7 nitrogen and oxygen atoms in total. The lowest BCUT2D eigenvalue weighted by Gasteiger charge is -2.22. The summed E-state index contributed by atoms with van der Waals surface area (Å²) in [5, 5.41) is 5.87. The summed E-state index contributed by atoms with van der Waals surface area (Å²) < 4.78 is 18.9. The lowest BCUT2D eigenvalue weighted by molar-refractivity contribution is -0.143. The van der Waals surface area contributed by atoms with Crippen molar-refractivity contribution in [1.82, 2.24) is 14.7 Å². The average Bonchev–Trinajstić information content (AvgIpc) is 3.14. The van der Waals surface area contributed by atoms with Gasteiger partial charge in [-0.1, -0.05) is 17.7 Å². The molecular formula is C26H30ClN3O4. The lowest BCUT2D eigenvalue weighted by atomic mass is 10.1. The second-order valence-electron chi connectivity index (χ2n) is 8.74. The molecule has 34 heavy (non-hydrogen) atoms. The fourth-order valence-electron chi connectivity index (χ4n) is 4.00. The number of rotatable bonds is 9. The van der Waals surface area contributed by atoms with Crippen LogP contribution in [0.1, 0.15) is 37.9 Å². The molecule has 0 bridgehead atoms. The molecule has 0 unspecified atom stereocenters. The zero-order valence-electron chi connectivity index (χ0n) is 20.0. The molecule has 0 spiro atoms. The molecule has 8 heteroatoms. The van der Waals surface area contributed by atoms with E-state index >= 15 is 0 Å². The molecule has 0 fully saturated rings. The predicted octanol–water partition coefficient (Wildman–Crippen LogP) is 5.12. The number of carbonyl (C=O) groups excluding carboxylic acids is 1. The Morgan fingerprint density at radius 3 is 2.85 bits per heavy atom. The van der Waals surface area contributed by atoms with Crippen molar-refractivity contribution in [3.05, 3.63) is 58.3 Å². The Balaban J connectivity index is 1.39. The van der Waals surface area contributed by atoms with Crippen LogP contribution in [-0.4, -0.2) is 54.0 Å². The fraction of sp³-hybridized carbons (Fsp3) is 0.385. The maximum Gasteiger partial charge on any atom is 0.320 e. The minimum atomic E-state index is -0.223. The number of hydrogen-bond donors (Lipinski definition) is 0. The van der Waals surface area contributed by atoms with Crippen molar-refractivity contribution in [3.63, 3.8) is 0 Å². The van der Waals surface area contributed by atoms with Gasteiger partial charge in [-0.25, -0.2) is 0 Å². The zero-order chi connectivity index (χ0) is 24.2. The molecule has 0 amide bonds. The summed E-state index contributed by atoms with van der Waals surface area (Å²) in [6.45, 7) is 8.13. The Labute approximate surface area is 204 Å². The van der Waals surface area contributed by atoms with Crippen molar-refractivity contribution in [2.24, 2.45) is 0 Å². The summed E-state index contributed by atoms with van der Waals surface area (Å²) in [4.78, 5) is 13.6. The molecule has 0 atom stereocenters. The number of halogens is 1. The van der Waals surface area contributed by atoms with Gasteiger partial charge in [0, 0.05) is 29.6 Å². The van der Waals surface area contributed by atoms with Crippen molar-refractivity contribution in [1.29, 1.82) is 0 Å². The first-order valence-corrected chi connectivity index (χ1v) is 11.8. The van der Waals surface area contributed by atoms with Crippen LogP contribution >= 0.6 is 11.6 Å². The third kappa shape index (κ3) is 5.54. The SMILES string of the molecule is CCOC(=O)CN(C)CC1=Cc2ccc(OCc3ccc4c(c3)c(Cl)nn4C(C)C)cc2OC1. The fourth-order valence-corrected chi connectivity index (χ4v) is 4.24. The molecule has 0 radical (unpaired) electrons. The second kappa shape index (κ2) is 10.5. The van der Waals surface area contributed by atoms with Gasteiger partial charge in [-0.05, 0) is 69.3 Å². The number of benzene rings is 2. The van der Waals surface area contributed by atoms with E-state index in [1.165, 1.54) is 0 Å². The lowest BCUT2D eigenvalue weighted by Crippen LogP contribution is -2.30. The highest BCUT2D eigenvalue weighted by Crippen LogP contribution is 2.31. The van der Waals surface area contributed by atoms with E-state index in [4.69, 9.17) is 25.8 Å². The van der Waals surface area contributed by atoms with Gasteiger partial charge < -0.3 is 14.2 Å². The number of nitrogens with zero attached hydrogens (tertiary/aromatic N) is 3. The van der Waals surface area contributed by atoms with Gasteiger partial charge in [-0.2, -0.15) is 5.10 Å². The quantitative estimate of drug-likeness (QED) is 0.393. The van der Waals surface area contributed by atoms with Crippen molar-refractivity contribution in [2.75, 3.05) is 33.4 Å². The molecule has 0 saturated carbocycles. The molecule has 0 saturated heterocycles. The van der Waals surface area contributed by atoms with Gasteiger partial charge in [0.05, 0.1) is 18.7 Å². The van der Waals surface area contributed by atoms with Gasteiger partial charge >= 0.3 is 5.97 Å². The zero-order valence-corrected chi connectivity index (χ0v) is 20.8. The van der Waals surface area contributed by atoms with E-state index in [2.05, 4.69) is 25.0 Å². The topological polar surface area (TPSA) is 65.8 Å². The monoisotopic (exact) mass is 483 g/mol. The first kappa shape index (κ1) is 24.1. The molecule has 1 aromatic heterocycles. The molecule has 2 aromatic carbocycles. The molecular weight excluding hydrogens is 454 g/mol. The highest BCUT2D eigenvalue weighted by atomic mass is 35.5. The summed E-state index contributed by atoms with van der Waals surface area (Å²) in [6.07, 6.45) is 2.10.